The van der Waals surface area contributed by atoms with Crippen LogP contribution >= 0.6 is 0 Å². The van der Waals surface area contributed by atoms with Crippen molar-refractivity contribution in [3.8, 4) is 0 Å². The Balaban J connectivity index is 0.000000152. The fourth-order valence-corrected chi connectivity index (χ4v) is 10.3. The van der Waals surface area contributed by atoms with Gasteiger partial charge in [-0.05, 0) is 113 Å². The summed E-state index contributed by atoms with van der Waals surface area (Å²) in [5.41, 5.74) is -0.243. The molecule has 12 unspecified atom stereocenters. The molecule has 4 nitrogen and oxygen atoms in total. The molecule has 0 amide bonds. The van der Waals surface area contributed by atoms with E-state index in [2.05, 4.69) is 27.7 Å². The summed E-state index contributed by atoms with van der Waals surface area (Å²) in [6, 6.07) is 0. The van der Waals surface area contributed by atoms with Crippen LogP contribution in [-0.4, -0.2) is 23.1 Å². The molecule has 6 fully saturated rings. The molecule has 6 aliphatic rings. The summed E-state index contributed by atoms with van der Waals surface area (Å²) in [6.45, 7) is 12.5. The number of hydrogen-bond donors (Lipinski definition) is 0. The maximum absolute atomic E-state index is 12.2. The van der Waals surface area contributed by atoms with E-state index in [9.17, 15) is 9.59 Å². The highest BCUT2D eigenvalue weighted by Gasteiger charge is 2.62. The van der Waals surface area contributed by atoms with Gasteiger partial charge in [0.2, 0.25) is 0 Å². The van der Waals surface area contributed by atoms with Crippen LogP contribution in [0.25, 0.3) is 0 Å². The van der Waals surface area contributed by atoms with Crippen molar-refractivity contribution in [3.05, 3.63) is 0 Å². The van der Waals surface area contributed by atoms with Crippen molar-refractivity contribution in [3.63, 3.8) is 0 Å². The molecule has 0 radical (unpaired) electrons. The van der Waals surface area contributed by atoms with Crippen LogP contribution in [0.4, 0.5) is 0 Å². The Morgan fingerprint density at radius 2 is 1.22 bits per heavy atom. The fraction of sp³-hybridized carbons (Fsp3) is 0.939. The average molecular weight is 515 g/mol. The van der Waals surface area contributed by atoms with E-state index >= 15 is 0 Å². The van der Waals surface area contributed by atoms with Crippen LogP contribution in [0.5, 0.6) is 0 Å². The van der Waals surface area contributed by atoms with Crippen LogP contribution in [-0.2, 0) is 19.1 Å². The van der Waals surface area contributed by atoms with Crippen molar-refractivity contribution in [1.82, 2.24) is 0 Å². The maximum atomic E-state index is 12.2. The molecule has 12 atom stereocenters. The van der Waals surface area contributed by atoms with E-state index < -0.39 is 0 Å². The first-order chi connectivity index (χ1) is 17.7. The quantitative estimate of drug-likeness (QED) is 0.323. The van der Waals surface area contributed by atoms with E-state index in [1.807, 2.05) is 13.8 Å². The molecule has 6 saturated carbocycles. The standard InChI is InChI=1S/C17H28O2.C16H26O2/c1-4-11(3)16(18)19-17(5-2)10-12-9-15(17)14-8-6-7-13(12)14;1-4-10(2)15(17)18-16(3)9-11-8-14(16)13-7-5-6-12(11)13/h11-15H,4-10H2,1-3H3;10-14H,4-9H2,1-3H3. The molecular weight excluding hydrogens is 460 g/mol. The van der Waals surface area contributed by atoms with Gasteiger partial charge < -0.3 is 9.47 Å². The molecule has 0 aliphatic heterocycles. The zero-order chi connectivity index (χ0) is 26.5. The normalized spacial score (nSPS) is 46.1. The second kappa shape index (κ2) is 10.5. The van der Waals surface area contributed by atoms with E-state index in [1.165, 1.54) is 51.4 Å². The van der Waals surface area contributed by atoms with Gasteiger partial charge in [-0.25, -0.2) is 0 Å². The van der Waals surface area contributed by atoms with Crippen molar-refractivity contribution in [2.24, 2.45) is 59.2 Å². The number of ether oxygens (including phenoxy) is 2. The van der Waals surface area contributed by atoms with Gasteiger partial charge in [0.05, 0.1) is 11.8 Å². The highest BCUT2D eigenvalue weighted by atomic mass is 16.6. The molecule has 0 aromatic heterocycles. The molecule has 0 saturated heterocycles. The SMILES string of the molecule is CCC(C)C(=O)OC1(C)CC2CC1C1CCCC21.CCC(C)C(=O)OC1(CC)CC2CC1C1CCCC21. The third-order valence-electron chi connectivity index (χ3n) is 12.6. The van der Waals surface area contributed by atoms with Gasteiger partial charge in [-0.3, -0.25) is 9.59 Å². The first-order valence-corrected chi connectivity index (χ1v) is 16.1. The second-order valence-electron chi connectivity index (χ2n) is 14.3. The van der Waals surface area contributed by atoms with Crippen molar-refractivity contribution in [2.75, 3.05) is 0 Å². The molecule has 6 rings (SSSR count). The number of fused-ring (bicyclic) bond motifs is 10. The lowest BCUT2D eigenvalue weighted by Gasteiger charge is -2.42. The summed E-state index contributed by atoms with van der Waals surface area (Å²) in [6.07, 6.45) is 16.1. The number of rotatable bonds is 7. The molecule has 37 heavy (non-hydrogen) atoms. The van der Waals surface area contributed by atoms with Gasteiger partial charge in [0.1, 0.15) is 11.2 Å². The van der Waals surface area contributed by atoms with Crippen LogP contribution < -0.4 is 0 Å². The zero-order valence-electron chi connectivity index (χ0n) is 24.6. The summed E-state index contributed by atoms with van der Waals surface area (Å²) < 4.78 is 12.1. The van der Waals surface area contributed by atoms with Crippen molar-refractivity contribution < 1.29 is 19.1 Å². The monoisotopic (exact) mass is 514 g/mol. The molecule has 4 bridgehead atoms. The lowest BCUT2D eigenvalue weighted by atomic mass is 9.71. The Kier molecular flexibility index (Phi) is 7.80. The average Bonchev–Trinajstić information content (AvgIpc) is 3.69. The first-order valence-electron chi connectivity index (χ1n) is 16.1. The number of carbonyl (C=O) groups excluding carboxylic acids is 2. The van der Waals surface area contributed by atoms with Gasteiger partial charge in [-0.2, -0.15) is 0 Å². The largest absolute Gasteiger partial charge is 0.459 e. The maximum Gasteiger partial charge on any atom is 0.309 e. The Hall–Kier alpha value is -1.06. The Morgan fingerprint density at radius 3 is 1.78 bits per heavy atom. The Morgan fingerprint density at radius 1 is 0.730 bits per heavy atom. The minimum absolute atomic E-state index is 0.0297. The first kappa shape index (κ1) is 27.5. The minimum Gasteiger partial charge on any atom is -0.459 e. The van der Waals surface area contributed by atoms with Crippen molar-refractivity contribution >= 4 is 11.9 Å². The van der Waals surface area contributed by atoms with Crippen LogP contribution in [0.3, 0.4) is 0 Å². The van der Waals surface area contributed by atoms with E-state index in [0.717, 1.165) is 67.6 Å². The molecule has 0 N–H and O–H groups in total. The van der Waals surface area contributed by atoms with Crippen LogP contribution in [0.1, 0.15) is 125 Å². The summed E-state index contributed by atoms with van der Waals surface area (Å²) >= 11 is 0. The van der Waals surface area contributed by atoms with Gasteiger partial charge in [0, 0.05) is 11.8 Å². The predicted molar refractivity (Wildman–Crippen MR) is 147 cm³/mol. The van der Waals surface area contributed by atoms with E-state index in [4.69, 9.17) is 9.47 Å². The van der Waals surface area contributed by atoms with Crippen molar-refractivity contribution in [2.45, 2.75) is 136 Å². The molecule has 0 aromatic carbocycles. The third-order valence-corrected chi connectivity index (χ3v) is 12.6. The summed E-state index contributed by atoms with van der Waals surface area (Å²) in [5.74, 6) is 6.86. The molecule has 0 heterocycles. The zero-order valence-corrected chi connectivity index (χ0v) is 24.6. The van der Waals surface area contributed by atoms with Gasteiger partial charge in [0.15, 0.2) is 0 Å². The van der Waals surface area contributed by atoms with E-state index in [0.29, 0.717) is 11.8 Å². The molecule has 0 spiro atoms. The van der Waals surface area contributed by atoms with E-state index in [1.54, 1.807) is 0 Å². The molecule has 0 aromatic rings. The summed E-state index contributed by atoms with van der Waals surface area (Å²) in [4.78, 5) is 24.3. The third kappa shape index (κ3) is 4.69. The van der Waals surface area contributed by atoms with Gasteiger partial charge in [-0.15, -0.1) is 0 Å². The van der Waals surface area contributed by atoms with Gasteiger partial charge in [-0.1, -0.05) is 47.5 Å². The number of hydrogen-bond acceptors (Lipinski definition) is 4. The molecule has 4 heteroatoms. The molecule has 210 valence electrons. The summed E-state index contributed by atoms with van der Waals surface area (Å²) in [7, 11) is 0. The summed E-state index contributed by atoms with van der Waals surface area (Å²) in [5, 5.41) is 0. The Labute approximate surface area is 226 Å². The molecule has 6 aliphatic carbocycles. The minimum atomic E-state index is -0.142. The number of carbonyl (C=O) groups is 2. The lowest BCUT2D eigenvalue weighted by Crippen LogP contribution is -2.45. The van der Waals surface area contributed by atoms with Gasteiger partial charge in [0.25, 0.3) is 0 Å². The van der Waals surface area contributed by atoms with Gasteiger partial charge >= 0.3 is 11.9 Å². The number of esters is 2. The highest BCUT2D eigenvalue weighted by Crippen LogP contribution is 2.65. The predicted octanol–water partition coefficient (Wildman–Crippen LogP) is 7.97. The van der Waals surface area contributed by atoms with Crippen LogP contribution in [0.15, 0.2) is 0 Å². The Bertz CT molecular complexity index is 853. The van der Waals surface area contributed by atoms with E-state index in [-0.39, 0.29) is 35.0 Å². The topological polar surface area (TPSA) is 52.6 Å². The fourth-order valence-electron chi connectivity index (χ4n) is 10.3. The van der Waals surface area contributed by atoms with Crippen molar-refractivity contribution in [1.29, 1.82) is 0 Å². The van der Waals surface area contributed by atoms with Crippen LogP contribution in [0, 0.1) is 59.2 Å². The molecular formula is C33H54O4. The smallest absolute Gasteiger partial charge is 0.309 e. The van der Waals surface area contributed by atoms with Crippen LogP contribution in [0.2, 0.25) is 0 Å². The second-order valence-corrected chi connectivity index (χ2v) is 14.3. The lowest BCUT2D eigenvalue weighted by molar-refractivity contribution is -0.175. The highest BCUT2D eigenvalue weighted by molar-refractivity contribution is 5.73.